The van der Waals surface area contributed by atoms with Crippen molar-refractivity contribution in [1.82, 2.24) is 0 Å². The van der Waals surface area contributed by atoms with Gasteiger partial charge < -0.3 is 19.7 Å². The summed E-state index contributed by atoms with van der Waals surface area (Å²) in [6.07, 6.45) is 0.494. The molecule has 0 aliphatic carbocycles. The summed E-state index contributed by atoms with van der Waals surface area (Å²) < 4.78 is 25.2. The molecule has 2 aromatic carbocycles. The Morgan fingerprint density at radius 3 is 2.17 bits per heavy atom. The highest BCUT2D eigenvalue weighted by Gasteiger charge is 2.51. The van der Waals surface area contributed by atoms with E-state index >= 15 is 0 Å². The highest BCUT2D eigenvalue weighted by molar-refractivity contribution is 7.55. The van der Waals surface area contributed by atoms with Gasteiger partial charge in [0.15, 0.2) is 5.78 Å². The van der Waals surface area contributed by atoms with Gasteiger partial charge in [0.25, 0.3) is 0 Å². The molecule has 0 amide bonds. The van der Waals surface area contributed by atoms with Crippen molar-refractivity contribution >= 4 is 24.8 Å². The first-order valence-corrected chi connectivity index (χ1v) is 11.9. The molecule has 1 unspecified atom stereocenters. The molecule has 1 atom stereocenters. The molecule has 1 aliphatic heterocycles. The normalized spacial score (nSPS) is 20.4. The van der Waals surface area contributed by atoms with Crippen molar-refractivity contribution in [2.24, 2.45) is 0 Å². The SMILES string of the molecule is CCOP(=O)(OCC)C1(C)CC(C)(C)Nc2ccc(C(=O)c3ccccc3)cc2N1. The van der Waals surface area contributed by atoms with E-state index < -0.39 is 12.9 Å². The first kappa shape index (κ1) is 22.5. The number of fused-ring (bicyclic) bond motifs is 1. The van der Waals surface area contributed by atoms with Crippen molar-refractivity contribution in [1.29, 1.82) is 0 Å². The Kier molecular flexibility index (Phi) is 6.42. The minimum Gasteiger partial charge on any atom is -0.378 e. The zero-order chi connectivity index (χ0) is 22.0. The van der Waals surface area contributed by atoms with E-state index in [1.165, 1.54) is 0 Å². The number of carbonyl (C=O) groups excluding carboxylic acids is 1. The van der Waals surface area contributed by atoms with Crippen LogP contribution in [0.4, 0.5) is 11.4 Å². The minimum absolute atomic E-state index is 0.0665. The highest BCUT2D eigenvalue weighted by atomic mass is 31.2. The fraction of sp³-hybridized carbons (Fsp3) is 0.435. The third kappa shape index (κ3) is 4.46. The Bertz CT molecular complexity index is 951. The molecule has 2 N–H and O–H groups in total. The highest BCUT2D eigenvalue weighted by Crippen LogP contribution is 2.63. The summed E-state index contributed by atoms with van der Waals surface area (Å²) in [6.45, 7) is 10.1. The van der Waals surface area contributed by atoms with Gasteiger partial charge in [-0.05, 0) is 52.8 Å². The van der Waals surface area contributed by atoms with Crippen LogP contribution in [0.1, 0.15) is 57.0 Å². The van der Waals surface area contributed by atoms with Crippen LogP contribution in [0.5, 0.6) is 0 Å². The standard InChI is InChI=1S/C23H31N2O4P/c1-6-28-30(27,29-7-2)23(5)16-22(3,4)24-19-14-13-18(15-20(19)25-23)21(26)17-11-9-8-10-12-17/h8-15,24-25H,6-7,16H2,1-5H3. The van der Waals surface area contributed by atoms with Crippen LogP contribution < -0.4 is 10.6 Å². The van der Waals surface area contributed by atoms with Gasteiger partial charge >= 0.3 is 7.60 Å². The number of hydrogen-bond donors (Lipinski definition) is 2. The first-order chi connectivity index (χ1) is 14.1. The van der Waals surface area contributed by atoms with Crippen LogP contribution in [0.15, 0.2) is 48.5 Å². The van der Waals surface area contributed by atoms with E-state index in [0.29, 0.717) is 23.2 Å². The molecule has 1 aliphatic rings. The lowest BCUT2D eigenvalue weighted by molar-refractivity contribution is 0.103. The summed E-state index contributed by atoms with van der Waals surface area (Å²) in [7, 11) is -3.50. The summed E-state index contributed by atoms with van der Waals surface area (Å²) in [4.78, 5) is 13.0. The molecule has 3 rings (SSSR count). The second-order valence-electron chi connectivity index (χ2n) is 8.37. The summed E-state index contributed by atoms with van der Waals surface area (Å²) in [6, 6.07) is 14.7. The van der Waals surface area contributed by atoms with Crippen LogP contribution in [0.2, 0.25) is 0 Å². The third-order valence-corrected chi connectivity index (χ3v) is 7.86. The average molecular weight is 430 g/mol. The molecule has 0 aromatic heterocycles. The lowest BCUT2D eigenvalue weighted by atomic mass is 9.96. The zero-order valence-electron chi connectivity index (χ0n) is 18.3. The molecular formula is C23H31N2O4P. The molecule has 30 heavy (non-hydrogen) atoms. The quantitative estimate of drug-likeness (QED) is 0.420. The monoisotopic (exact) mass is 430 g/mol. The Morgan fingerprint density at radius 2 is 1.57 bits per heavy atom. The summed E-state index contributed by atoms with van der Waals surface area (Å²) in [5.74, 6) is -0.0665. The van der Waals surface area contributed by atoms with Gasteiger partial charge in [0, 0.05) is 23.1 Å². The van der Waals surface area contributed by atoms with E-state index in [2.05, 4.69) is 10.6 Å². The van der Waals surface area contributed by atoms with E-state index in [1.54, 1.807) is 32.0 Å². The van der Waals surface area contributed by atoms with E-state index in [0.717, 1.165) is 5.69 Å². The third-order valence-electron chi connectivity index (χ3n) is 5.18. The van der Waals surface area contributed by atoms with Gasteiger partial charge in [-0.2, -0.15) is 0 Å². The Hall–Kier alpha value is -2.14. The molecule has 2 aromatic rings. The lowest BCUT2D eigenvalue weighted by Gasteiger charge is -2.39. The van der Waals surface area contributed by atoms with Crippen LogP contribution in [-0.2, 0) is 13.6 Å². The van der Waals surface area contributed by atoms with Crippen LogP contribution in [-0.4, -0.2) is 29.8 Å². The zero-order valence-corrected chi connectivity index (χ0v) is 19.2. The predicted octanol–water partition coefficient (Wildman–Crippen LogP) is 5.91. The van der Waals surface area contributed by atoms with E-state index in [4.69, 9.17) is 9.05 Å². The topological polar surface area (TPSA) is 76.7 Å². The average Bonchev–Trinajstić information content (AvgIpc) is 2.80. The van der Waals surface area contributed by atoms with Crippen molar-refractivity contribution < 1.29 is 18.4 Å². The number of carbonyl (C=O) groups is 1. The van der Waals surface area contributed by atoms with Crippen LogP contribution >= 0.6 is 7.60 Å². The van der Waals surface area contributed by atoms with E-state index in [9.17, 15) is 9.36 Å². The molecule has 0 fully saturated rings. The van der Waals surface area contributed by atoms with Crippen molar-refractivity contribution in [3.63, 3.8) is 0 Å². The molecule has 7 heteroatoms. The lowest BCUT2D eigenvalue weighted by Crippen LogP contribution is -2.43. The number of hydrogen-bond acceptors (Lipinski definition) is 6. The van der Waals surface area contributed by atoms with Gasteiger partial charge in [-0.15, -0.1) is 0 Å². The van der Waals surface area contributed by atoms with Gasteiger partial charge in [0.05, 0.1) is 24.6 Å². The van der Waals surface area contributed by atoms with Crippen molar-refractivity contribution in [2.75, 3.05) is 23.8 Å². The smallest absolute Gasteiger partial charge is 0.355 e. The summed E-state index contributed by atoms with van der Waals surface area (Å²) >= 11 is 0. The molecule has 0 saturated carbocycles. The molecule has 0 saturated heterocycles. The fourth-order valence-electron chi connectivity index (χ4n) is 4.09. The first-order valence-electron chi connectivity index (χ1n) is 10.3. The van der Waals surface area contributed by atoms with Crippen LogP contribution in [0.3, 0.4) is 0 Å². The summed E-state index contributed by atoms with van der Waals surface area (Å²) in [5.41, 5.74) is 2.33. The maximum Gasteiger partial charge on any atom is 0.355 e. The predicted molar refractivity (Wildman–Crippen MR) is 122 cm³/mol. The molecule has 162 valence electrons. The van der Waals surface area contributed by atoms with Gasteiger partial charge in [-0.25, -0.2) is 0 Å². The second-order valence-corrected chi connectivity index (χ2v) is 10.9. The molecule has 0 bridgehead atoms. The molecule has 1 heterocycles. The van der Waals surface area contributed by atoms with Gasteiger partial charge in [-0.3, -0.25) is 9.36 Å². The van der Waals surface area contributed by atoms with Crippen molar-refractivity contribution in [2.45, 2.75) is 51.9 Å². The maximum absolute atomic E-state index is 13.8. The van der Waals surface area contributed by atoms with Crippen LogP contribution in [0.25, 0.3) is 0 Å². The number of rotatable bonds is 7. The van der Waals surface area contributed by atoms with Gasteiger partial charge in [-0.1, -0.05) is 30.3 Å². The van der Waals surface area contributed by atoms with E-state index in [-0.39, 0.29) is 24.5 Å². The number of nitrogens with one attached hydrogen (secondary N) is 2. The minimum atomic E-state index is -3.50. The number of benzene rings is 2. The Balaban J connectivity index is 2.06. The molecule has 0 radical (unpaired) electrons. The van der Waals surface area contributed by atoms with Crippen molar-refractivity contribution in [3.8, 4) is 0 Å². The maximum atomic E-state index is 13.8. The number of ketones is 1. The number of anilines is 2. The molecular weight excluding hydrogens is 399 g/mol. The Morgan fingerprint density at radius 1 is 0.933 bits per heavy atom. The van der Waals surface area contributed by atoms with Crippen LogP contribution in [0, 0.1) is 0 Å². The second kappa shape index (κ2) is 8.54. The molecule has 6 nitrogen and oxygen atoms in total. The van der Waals surface area contributed by atoms with Crippen molar-refractivity contribution in [3.05, 3.63) is 59.7 Å². The Labute approximate surface area is 178 Å². The summed E-state index contributed by atoms with van der Waals surface area (Å²) in [5, 5.41) is 5.95. The van der Waals surface area contributed by atoms with E-state index in [1.807, 2.05) is 51.1 Å². The fourth-order valence-corrected chi connectivity index (χ4v) is 6.26. The molecule has 0 spiro atoms. The largest absolute Gasteiger partial charge is 0.378 e. The van der Waals surface area contributed by atoms with Gasteiger partial charge in [0.1, 0.15) is 5.28 Å². The van der Waals surface area contributed by atoms with Gasteiger partial charge in [0.2, 0.25) is 0 Å².